The average molecular weight is 233 g/mol. The molecule has 2 heterocycles. The zero-order valence-electron chi connectivity index (χ0n) is 10.1. The second-order valence-electron chi connectivity index (χ2n) is 4.81. The number of nitrogen functional groups attached to an aromatic ring is 1. The number of nitrogens with two attached hydrogens (primary N) is 1. The minimum Gasteiger partial charge on any atom is -0.455 e. The molecule has 0 aromatic carbocycles. The fourth-order valence-corrected chi connectivity index (χ4v) is 1.53. The molecule has 0 bridgehead atoms. The first-order chi connectivity index (χ1) is 7.87. The third-order valence-corrected chi connectivity index (χ3v) is 2.12. The van der Waals surface area contributed by atoms with Gasteiger partial charge >= 0.3 is 5.97 Å². The van der Waals surface area contributed by atoms with E-state index in [1.54, 1.807) is 28.8 Å². The SMILES string of the molecule is CC(C)(C)OC(=O)c1cccc2nc(N)cn12. The molecule has 90 valence electrons. The highest BCUT2D eigenvalue weighted by atomic mass is 16.6. The van der Waals surface area contributed by atoms with E-state index in [4.69, 9.17) is 10.5 Å². The van der Waals surface area contributed by atoms with Crippen LogP contribution in [0.5, 0.6) is 0 Å². The molecule has 2 aromatic rings. The molecule has 0 amide bonds. The van der Waals surface area contributed by atoms with Crippen LogP contribution < -0.4 is 5.73 Å². The molecule has 0 radical (unpaired) electrons. The summed E-state index contributed by atoms with van der Waals surface area (Å²) in [6.07, 6.45) is 1.61. The Morgan fingerprint density at radius 1 is 1.41 bits per heavy atom. The summed E-state index contributed by atoms with van der Waals surface area (Å²) in [5.41, 5.74) is 6.13. The zero-order chi connectivity index (χ0) is 12.6. The van der Waals surface area contributed by atoms with Crippen LogP contribution in [0, 0.1) is 0 Å². The highest BCUT2D eigenvalue weighted by molar-refractivity contribution is 5.88. The van der Waals surface area contributed by atoms with Gasteiger partial charge in [-0.2, -0.15) is 0 Å². The second kappa shape index (κ2) is 3.76. The van der Waals surface area contributed by atoms with Gasteiger partial charge in [-0.25, -0.2) is 9.78 Å². The number of fused-ring (bicyclic) bond motifs is 1. The molecule has 0 spiro atoms. The lowest BCUT2D eigenvalue weighted by Gasteiger charge is -2.19. The van der Waals surface area contributed by atoms with Crippen molar-refractivity contribution in [3.63, 3.8) is 0 Å². The molecule has 5 nitrogen and oxygen atoms in total. The highest BCUT2D eigenvalue weighted by Gasteiger charge is 2.20. The molecular weight excluding hydrogens is 218 g/mol. The number of hydrogen-bond donors (Lipinski definition) is 1. The summed E-state index contributed by atoms with van der Waals surface area (Å²) in [4.78, 5) is 16.1. The average Bonchev–Trinajstić information content (AvgIpc) is 2.54. The molecule has 0 aliphatic rings. The zero-order valence-corrected chi connectivity index (χ0v) is 10.1. The summed E-state index contributed by atoms with van der Waals surface area (Å²) in [7, 11) is 0. The smallest absolute Gasteiger partial charge is 0.355 e. The molecule has 0 aliphatic carbocycles. The van der Waals surface area contributed by atoms with Gasteiger partial charge in [0.15, 0.2) is 0 Å². The van der Waals surface area contributed by atoms with Crippen molar-refractivity contribution < 1.29 is 9.53 Å². The van der Waals surface area contributed by atoms with Crippen molar-refractivity contribution in [1.29, 1.82) is 0 Å². The Bertz CT molecular complexity index is 567. The molecule has 0 atom stereocenters. The molecule has 0 aliphatic heterocycles. The van der Waals surface area contributed by atoms with Gasteiger partial charge in [0.2, 0.25) is 0 Å². The molecule has 0 saturated heterocycles. The number of aromatic nitrogens is 2. The van der Waals surface area contributed by atoms with Crippen molar-refractivity contribution >= 4 is 17.4 Å². The van der Waals surface area contributed by atoms with Gasteiger partial charge in [0.25, 0.3) is 0 Å². The number of anilines is 1. The number of ether oxygens (including phenoxy) is 1. The van der Waals surface area contributed by atoms with Crippen molar-refractivity contribution in [3.05, 3.63) is 30.1 Å². The Kier molecular flexibility index (Phi) is 2.53. The Balaban J connectivity index is 2.45. The normalized spacial score (nSPS) is 11.7. The Hall–Kier alpha value is -2.04. The van der Waals surface area contributed by atoms with Gasteiger partial charge in [0, 0.05) is 0 Å². The van der Waals surface area contributed by atoms with Gasteiger partial charge in [-0.15, -0.1) is 0 Å². The maximum atomic E-state index is 12.0. The largest absolute Gasteiger partial charge is 0.455 e. The monoisotopic (exact) mass is 233 g/mol. The number of nitrogens with zero attached hydrogens (tertiary/aromatic N) is 2. The van der Waals surface area contributed by atoms with Crippen molar-refractivity contribution in [2.75, 3.05) is 5.73 Å². The van der Waals surface area contributed by atoms with Crippen LogP contribution in [0.4, 0.5) is 5.82 Å². The van der Waals surface area contributed by atoms with E-state index in [1.807, 2.05) is 20.8 Å². The topological polar surface area (TPSA) is 69.6 Å². The molecular formula is C12H15N3O2. The van der Waals surface area contributed by atoms with Crippen LogP contribution in [0.2, 0.25) is 0 Å². The summed E-state index contributed by atoms with van der Waals surface area (Å²) in [5, 5.41) is 0. The number of esters is 1. The van der Waals surface area contributed by atoms with Gasteiger partial charge < -0.3 is 10.5 Å². The number of hydrogen-bond acceptors (Lipinski definition) is 4. The minimum absolute atomic E-state index is 0.376. The van der Waals surface area contributed by atoms with Gasteiger partial charge in [0.1, 0.15) is 22.8 Å². The molecule has 5 heteroatoms. The maximum Gasteiger partial charge on any atom is 0.355 e. The fourth-order valence-electron chi connectivity index (χ4n) is 1.53. The summed E-state index contributed by atoms with van der Waals surface area (Å²) in [5.74, 6) is -0.0125. The van der Waals surface area contributed by atoms with E-state index in [-0.39, 0.29) is 5.97 Å². The summed E-state index contributed by atoms with van der Waals surface area (Å²) in [6.45, 7) is 5.48. The standard InChI is InChI=1S/C12H15N3O2/c1-12(2,3)17-11(16)8-5-4-6-10-14-9(13)7-15(8)10/h4-7H,13H2,1-3H3. The molecule has 17 heavy (non-hydrogen) atoms. The van der Waals surface area contributed by atoms with E-state index in [0.717, 1.165) is 0 Å². The number of carbonyl (C=O) groups excluding carboxylic acids is 1. The van der Waals surface area contributed by atoms with Gasteiger partial charge in [-0.1, -0.05) is 6.07 Å². The number of imidazole rings is 1. The molecule has 0 fully saturated rings. The molecule has 2 rings (SSSR count). The van der Waals surface area contributed by atoms with Crippen molar-refractivity contribution in [1.82, 2.24) is 9.38 Å². The molecule has 0 unspecified atom stereocenters. The van der Waals surface area contributed by atoms with Crippen LogP contribution in [-0.2, 0) is 4.74 Å². The van der Waals surface area contributed by atoms with Crippen LogP contribution in [-0.4, -0.2) is 21.0 Å². The van der Waals surface area contributed by atoms with Gasteiger partial charge in [-0.05, 0) is 32.9 Å². The van der Waals surface area contributed by atoms with Gasteiger partial charge in [-0.3, -0.25) is 4.40 Å². The lowest BCUT2D eigenvalue weighted by Crippen LogP contribution is -2.25. The molecule has 2 N–H and O–H groups in total. The first-order valence-electron chi connectivity index (χ1n) is 5.34. The number of carbonyl (C=O) groups is 1. The maximum absolute atomic E-state index is 12.0. The summed E-state index contributed by atoms with van der Waals surface area (Å²) in [6, 6.07) is 5.22. The fraction of sp³-hybridized carbons (Fsp3) is 0.333. The predicted molar refractivity (Wildman–Crippen MR) is 64.8 cm³/mol. The van der Waals surface area contributed by atoms with E-state index in [0.29, 0.717) is 17.2 Å². The van der Waals surface area contributed by atoms with E-state index >= 15 is 0 Å². The first-order valence-corrected chi connectivity index (χ1v) is 5.34. The van der Waals surface area contributed by atoms with Crippen LogP contribution in [0.3, 0.4) is 0 Å². The van der Waals surface area contributed by atoms with Crippen molar-refractivity contribution in [3.8, 4) is 0 Å². The predicted octanol–water partition coefficient (Wildman–Crippen LogP) is 1.87. The van der Waals surface area contributed by atoms with Crippen molar-refractivity contribution in [2.45, 2.75) is 26.4 Å². The first kappa shape index (κ1) is 11.4. The van der Waals surface area contributed by atoms with Crippen LogP contribution in [0.15, 0.2) is 24.4 Å². The molecule has 0 saturated carbocycles. The van der Waals surface area contributed by atoms with Crippen LogP contribution >= 0.6 is 0 Å². The third kappa shape index (κ3) is 2.38. The summed E-state index contributed by atoms with van der Waals surface area (Å²) < 4.78 is 6.94. The van der Waals surface area contributed by atoms with Crippen LogP contribution in [0.1, 0.15) is 31.3 Å². The number of rotatable bonds is 1. The van der Waals surface area contributed by atoms with E-state index in [9.17, 15) is 4.79 Å². The Labute approximate surface area is 99.2 Å². The minimum atomic E-state index is -0.522. The quantitative estimate of drug-likeness (QED) is 0.763. The Morgan fingerprint density at radius 2 is 2.12 bits per heavy atom. The Morgan fingerprint density at radius 3 is 2.76 bits per heavy atom. The lowest BCUT2D eigenvalue weighted by atomic mass is 10.2. The highest BCUT2D eigenvalue weighted by Crippen LogP contribution is 2.15. The van der Waals surface area contributed by atoms with E-state index in [1.165, 1.54) is 0 Å². The lowest BCUT2D eigenvalue weighted by molar-refractivity contribution is 0.00612. The van der Waals surface area contributed by atoms with Crippen molar-refractivity contribution in [2.24, 2.45) is 0 Å². The third-order valence-electron chi connectivity index (χ3n) is 2.12. The van der Waals surface area contributed by atoms with Gasteiger partial charge in [0.05, 0.1) is 6.20 Å². The van der Waals surface area contributed by atoms with E-state index in [2.05, 4.69) is 4.98 Å². The second-order valence-corrected chi connectivity index (χ2v) is 4.81. The van der Waals surface area contributed by atoms with E-state index < -0.39 is 5.60 Å². The number of pyridine rings is 1. The van der Waals surface area contributed by atoms with Crippen LogP contribution in [0.25, 0.3) is 5.65 Å². The summed E-state index contributed by atoms with van der Waals surface area (Å²) >= 11 is 0. The molecule has 2 aromatic heterocycles.